The predicted molar refractivity (Wildman–Crippen MR) is 61.1 cm³/mol. The summed E-state index contributed by atoms with van der Waals surface area (Å²) in [5.41, 5.74) is 0.191. The van der Waals surface area contributed by atoms with Crippen LogP contribution >= 0.6 is 0 Å². The fourth-order valence-corrected chi connectivity index (χ4v) is 1.57. The van der Waals surface area contributed by atoms with E-state index in [1.54, 1.807) is 0 Å². The average molecular weight is 252 g/mol. The molecule has 1 aromatic heterocycles. The summed E-state index contributed by atoms with van der Waals surface area (Å²) in [7, 11) is 0. The molecule has 2 aromatic rings. The van der Waals surface area contributed by atoms with Crippen molar-refractivity contribution < 1.29 is 18.7 Å². The van der Waals surface area contributed by atoms with Gasteiger partial charge in [-0.25, -0.2) is 8.78 Å². The zero-order valence-corrected chi connectivity index (χ0v) is 9.28. The third-order valence-corrected chi connectivity index (χ3v) is 2.36. The summed E-state index contributed by atoms with van der Waals surface area (Å²) < 4.78 is 26.4. The number of carbonyl (C=O) groups excluding carboxylic acids is 1. The van der Waals surface area contributed by atoms with Crippen LogP contribution in [0.4, 0.5) is 8.78 Å². The minimum atomic E-state index is -0.771. The van der Waals surface area contributed by atoms with Crippen LogP contribution in [-0.4, -0.2) is 29.1 Å². The summed E-state index contributed by atoms with van der Waals surface area (Å²) in [4.78, 5) is 15.4. The van der Waals surface area contributed by atoms with Crippen molar-refractivity contribution in [2.75, 3.05) is 13.2 Å². The van der Waals surface area contributed by atoms with E-state index in [9.17, 15) is 13.6 Å². The van der Waals surface area contributed by atoms with Gasteiger partial charge in [0.15, 0.2) is 5.82 Å². The van der Waals surface area contributed by atoms with Crippen molar-refractivity contribution >= 4 is 16.8 Å². The molecule has 0 aliphatic heterocycles. The molecule has 0 spiro atoms. The van der Waals surface area contributed by atoms with Gasteiger partial charge in [-0.1, -0.05) is 0 Å². The van der Waals surface area contributed by atoms with E-state index >= 15 is 0 Å². The van der Waals surface area contributed by atoms with Crippen molar-refractivity contribution in [3.05, 3.63) is 41.6 Å². The van der Waals surface area contributed by atoms with Crippen molar-refractivity contribution in [3.8, 4) is 0 Å². The third kappa shape index (κ3) is 2.43. The van der Waals surface area contributed by atoms with Crippen molar-refractivity contribution in [2.24, 2.45) is 0 Å². The Bertz CT molecular complexity index is 602. The van der Waals surface area contributed by atoms with E-state index in [0.717, 1.165) is 12.1 Å². The van der Waals surface area contributed by atoms with Gasteiger partial charge < -0.3 is 10.4 Å². The summed E-state index contributed by atoms with van der Waals surface area (Å²) in [5, 5.41) is 11.2. The smallest absolute Gasteiger partial charge is 0.252 e. The lowest BCUT2D eigenvalue weighted by Gasteiger charge is -2.05. The topological polar surface area (TPSA) is 62.2 Å². The number of amides is 1. The molecule has 1 amide bonds. The monoisotopic (exact) mass is 252 g/mol. The molecule has 4 nitrogen and oxygen atoms in total. The maximum atomic E-state index is 13.3. The minimum absolute atomic E-state index is 0.00936. The van der Waals surface area contributed by atoms with Gasteiger partial charge >= 0.3 is 0 Å². The molecule has 0 fully saturated rings. The lowest BCUT2D eigenvalue weighted by molar-refractivity contribution is 0.0944. The van der Waals surface area contributed by atoms with Crippen LogP contribution in [-0.2, 0) is 0 Å². The van der Waals surface area contributed by atoms with E-state index in [1.165, 1.54) is 12.3 Å². The Morgan fingerprint density at radius 2 is 2.11 bits per heavy atom. The molecule has 1 heterocycles. The Hall–Kier alpha value is -2.08. The first kappa shape index (κ1) is 12.4. The molecule has 0 aliphatic rings. The first-order valence-corrected chi connectivity index (χ1v) is 5.25. The molecular weight excluding hydrogens is 242 g/mol. The van der Waals surface area contributed by atoms with E-state index in [4.69, 9.17) is 5.11 Å². The maximum absolute atomic E-state index is 13.3. The van der Waals surface area contributed by atoms with Gasteiger partial charge in [0.25, 0.3) is 5.91 Å². The number of nitrogens with one attached hydrogen (secondary N) is 1. The van der Waals surface area contributed by atoms with Crippen molar-refractivity contribution in [3.63, 3.8) is 0 Å². The summed E-state index contributed by atoms with van der Waals surface area (Å²) in [6.45, 7) is -0.0790. The maximum Gasteiger partial charge on any atom is 0.252 e. The van der Waals surface area contributed by atoms with Gasteiger partial charge in [-0.15, -0.1) is 0 Å². The Balaban J connectivity index is 2.41. The van der Waals surface area contributed by atoms with E-state index in [1.807, 2.05) is 0 Å². The molecule has 94 valence electrons. The highest BCUT2D eigenvalue weighted by Gasteiger charge is 2.10. The van der Waals surface area contributed by atoms with E-state index < -0.39 is 17.5 Å². The average Bonchev–Trinajstić information content (AvgIpc) is 2.34. The second-order valence-electron chi connectivity index (χ2n) is 3.66. The Morgan fingerprint density at radius 3 is 2.83 bits per heavy atom. The van der Waals surface area contributed by atoms with E-state index in [-0.39, 0.29) is 29.6 Å². The summed E-state index contributed by atoms with van der Waals surface area (Å²) >= 11 is 0. The minimum Gasteiger partial charge on any atom is -0.395 e. The number of hydrogen-bond donors (Lipinski definition) is 2. The van der Waals surface area contributed by atoms with Crippen LogP contribution in [0.1, 0.15) is 10.4 Å². The van der Waals surface area contributed by atoms with Crippen LogP contribution in [0, 0.1) is 11.6 Å². The van der Waals surface area contributed by atoms with Crippen LogP contribution in [0.3, 0.4) is 0 Å². The zero-order chi connectivity index (χ0) is 13.1. The number of hydrogen-bond acceptors (Lipinski definition) is 3. The molecule has 0 saturated carbocycles. The largest absolute Gasteiger partial charge is 0.395 e. The first-order chi connectivity index (χ1) is 8.61. The Labute approximate surface area is 101 Å². The third-order valence-electron chi connectivity index (χ3n) is 2.36. The fraction of sp³-hybridized carbons (Fsp3) is 0.167. The summed E-state index contributed by atoms with van der Waals surface area (Å²) in [5.74, 6) is -1.95. The molecule has 0 saturated heterocycles. The molecule has 18 heavy (non-hydrogen) atoms. The van der Waals surface area contributed by atoms with E-state index in [2.05, 4.69) is 10.3 Å². The molecule has 2 N–H and O–H groups in total. The Kier molecular flexibility index (Phi) is 3.47. The number of carbonyl (C=O) groups is 1. The number of fused-ring (bicyclic) bond motifs is 1. The quantitative estimate of drug-likeness (QED) is 0.863. The number of aliphatic hydroxyl groups is 1. The number of aromatic nitrogens is 1. The molecule has 0 radical (unpaired) electrons. The van der Waals surface area contributed by atoms with Crippen molar-refractivity contribution in [2.45, 2.75) is 0 Å². The Morgan fingerprint density at radius 1 is 1.33 bits per heavy atom. The number of rotatable bonds is 3. The lowest BCUT2D eigenvalue weighted by atomic mass is 10.1. The van der Waals surface area contributed by atoms with Gasteiger partial charge in [-0.2, -0.15) is 0 Å². The number of benzene rings is 1. The number of nitrogens with zero attached hydrogens (tertiary/aromatic N) is 1. The predicted octanol–water partition coefficient (Wildman–Crippen LogP) is 1.24. The SMILES string of the molecule is O=C(NCCO)c1cnc2c(F)cc(F)cc2c1. The van der Waals surface area contributed by atoms with Gasteiger partial charge in [0.1, 0.15) is 11.3 Å². The van der Waals surface area contributed by atoms with Gasteiger partial charge in [0.2, 0.25) is 0 Å². The van der Waals surface area contributed by atoms with Crippen LogP contribution in [0.2, 0.25) is 0 Å². The highest BCUT2D eigenvalue weighted by atomic mass is 19.1. The van der Waals surface area contributed by atoms with Gasteiger partial charge in [0, 0.05) is 24.2 Å². The van der Waals surface area contributed by atoms with Gasteiger partial charge in [-0.3, -0.25) is 9.78 Å². The van der Waals surface area contributed by atoms with Crippen LogP contribution in [0.25, 0.3) is 10.9 Å². The first-order valence-electron chi connectivity index (χ1n) is 5.25. The van der Waals surface area contributed by atoms with Crippen LogP contribution < -0.4 is 5.32 Å². The van der Waals surface area contributed by atoms with Gasteiger partial charge in [-0.05, 0) is 12.1 Å². The number of pyridine rings is 1. The molecule has 1 aromatic carbocycles. The second kappa shape index (κ2) is 5.05. The standard InChI is InChI=1S/C12H10F2N2O2/c13-9-4-7-3-8(12(18)15-1-2-17)6-16-11(7)10(14)5-9/h3-6,17H,1-2H2,(H,15,18). The number of halogens is 2. The molecular formula is C12H10F2N2O2. The van der Waals surface area contributed by atoms with Crippen LogP contribution in [0.15, 0.2) is 24.4 Å². The van der Waals surface area contributed by atoms with Crippen LogP contribution in [0.5, 0.6) is 0 Å². The molecule has 6 heteroatoms. The van der Waals surface area contributed by atoms with Gasteiger partial charge in [0.05, 0.1) is 12.2 Å². The molecule has 2 rings (SSSR count). The fourth-order valence-electron chi connectivity index (χ4n) is 1.57. The zero-order valence-electron chi connectivity index (χ0n) is 9.28. The number of aliphatic hydroxyl groups excluding tert-OH is 1. The summed E-state index contributed by atoms with van der Waals surface area (Å²) in [6.07, 6.45) is 1.20. The normalized spacial score (nSPS) is 10.6. The summed E-state index contributed by atoms with van der Waals surface area (Å²) in [6, 6.07) is 3.19. The lowest BCUT2D eigenvalue weighted by Crippen LogP contribution is -2.26. The van der Waals surface area contributed by atoms with Crippen molar-refractivity contribution in [1.82, 2.24) is 10.3 Å². The molecule has 0 bridgehead atoms. The van der Waals surface area contributed by atoms with Crippen molar-refractivity contribution in [1.29, 1.82) is 0 Å². The molecule has 0 unspecified atom stereocenters. The second-order valence-corrected chi connectivity index (χ2v) is 3.66. The van der Waals surface area contributed by atoms with E-state index in [0.29, 0.717) is 0 Å². The highest BCUT2D eigenvalue weighted by Crippen LogP contribution is 2.18. The highest BCUT2D eigenvalue weighted by molar-refractivity contribution is 5.97. The molecule has 0 atom stereocenters. The molecule has 0 aliphatic carbocycles.